The van der Waals surface area contributed by atoms with Gasteiger partial charge in [-0.15, -0.1) is 11.3 Å². The van der Waals surface area contributed by atoms with E-state index < -0.39 is 15.6 Å². The summed E-state index contributed by atoms with van der Waals surface area (Å²) in [7, 11) is -4.05. The number of benzene rings is 2. The van der Waals surface area contributed by atoms with E-state index in [-0.39, 0.29) is 17.9 Å². The molecule has 1 saturated heterocycles. The van der Waals surface area contributed by atoms with Gasteiger partial charge in [0.25, 0.3) is 10.0 Å². The Labute approximate surface area is 216 Å². The van der Waals surface area contributed by atoms with E-state index in [2.05, 4.69) is 46.0 Å². The highest BCUT2D eigenvalue weighted by atomic mass is 32.2. The second-order valence-corrected chi connectivity index (χ2v) is 12.2. The van der Waals surface area contributed by atoms with E-state index in [1.165, 1.54) is 17.0 Å². The Kier molecular flexibility index (Phi) is 7.83. The van der Waals surface area contributed by atoms with Crippen LogP contribution in [0, 0.1) is 11.3 Å². The first kappa shape index (κ1) is 26.3. The number of aliphatic hydroxyl groups is 1. The molecule has 190 valence electrons. The topological polar surface area (TPSA) is 103 Å². The number of ether oxygens (including phenoxy) is 1. The molecule has 1 aromatic heterocycles. The summed E-state index contributed by atoms with van der Waals surface area (Å²) in [5.74, 6) is 0. The fourth-order valence-corrected chi connectivity index (χ4v) is 6.94. The van der Waals surface area contributed by atoms with E-state index in [4.69, 9.17) is 4.74 Å². The standard InChI is InChI=1S/C27H31N3O4S2/c1-19(26(18-28)36(32,33)29-27(2,3)10-13-31)24-8-9-25(35-24)22-5-4-21-17-23(7-6-20(21)16-22)30-11-14-34-15-12-30/h4-9,16-17,29,31H,10-15H2,1-3H3/b26-19+. The summed E-state index contributed by atoms with van der Waals surface area (Å²) in [6, 6.07) is 18.5. The molecule has 2 aromatic carbocycles. The minimum absolute atomic E-state index is 0.158. The minimum Gasteiger partial charge on any atom is -0.396 e. The van der Waals surface area contributed by atoms with Crippen molar-refractivity contribution in [1.82, 2.24) is 4.72 Å². The third kappa shape index (κ3) is 5.80. The maximum Gasteiger partial charge on any atom is 0.251 e. The SMILES string of the molecule is C/C(=C(/C#N)S(=O)(=O)NC(C)(C)CCO)c1ccc(-c2ccc3cc(N4CCOCC4)ccc3c2)s1. The first-order chi connectivity index (χ1) is 17.1. The molecule has 2 heterocycles. The Morgan fingerprint density at radius 3 is 2.53 bits per heavy atom. The minimum atomic E-state index is -4.05. The molecular formula is C27H31N3O4S2. The smallest absolute Gasteiger partial charge is 0.251 e. The quantitative estimate of drug-likeness (QED) is 0.412. The summed E-state index contributed by atoms with van der Waals surface area (Å²) >= 11 is 1.45. The van der Waals surface area contributed by atoms with Crippen molar-refractivity contribution in [2.45, 2.75) is 32.7 Å². The lowest BCUT2D eigenvalue weighted by Crippen LogP contribution is -2.44. The number of hydrogen-bond donors (Lipinski definition) is 2. The van der Waals surface area contributed by atoms with E-state index in [1.54, 1.807) is 20.8 Å². The first-order valence-corrected chi connectivity index (χ1v) is 14.2. The summed E-state index contributed by atoms with van der Waals surface area (Å²) in [6.07, 6.45) is 0.239. The van der Waals surface area contributed by atoms with Crippen LogP contribution in [0.5, 0.6) is 0 Å². The van der Waals surface area contributed by atoms with E-state index in [0.717, 1.165) is 52.4 Å². The Balaban J connectivity index is 1.61. The second-order valence-electron chi connectivity index (χ2n) is 9.54. The predicted molar refractivity (Wildman–Crippen MR) is 146 cm³/mol. The molecule has 0 aliphatic carbocycles. The molecule has 1 aliphatic rings. The number of anilines is 1. The van der Waals surface area contributed by atoms with Gasteiger partial charge in [0.15, 0.2) is 4.91 Å². The summed E-state index contributed by atoms with van der Waals surface area (Å²) in [6.45, 7) is 8.13. The Bertz CT molecular complexity index is 1430. The van der Waals surface area contributed by atoms with Gasteiger partial charge in [-0.2, -0.15) is 5.26 Å². The van der Waals surface area contributed by atoms with Crippen molar-refractivity contribution < 1.29 is 18.3 Å². The molecule has 1 aliphatic heterocycles. The number of aliphatic hydroxyl groups excluding tert-OH is 1. The van der Waals surface area contributed by atoms with Gasteiger partial charge in [0.1, 0.15) is 6.07 Å². The summed E-state index contributed by atoms with van der Waals surface area (Å²) in [5, 5.41) is 21.2. The van der Waals surface area contributed by atoms with Gasteiger partial charge in [0.05, 0.1) is 13.2 Å². The average Bonchev–Trinajstić information content (AvgIpc) is 3.34. The largest absolute Gasteiger partial charge is 0.396 e. The average molecular weight is 526 g/mol. The van der Waals surface area contributed by atoms with Crippen LogP contribution in [0.15, 0.2) is 53.4 Å². The van der Waals surface area contributed by atoms with Crippen molar-refractivity contribution in [2.75, 3.05) is 37.8 Å². The molecule has 9 heteroatoms. The number of sulfonamides is 1. The number of hydrogen-bond acceptors (Lipinski definition) is 7. The zero-order chi connectivity index (χ0) is 25.9. The molecule has 0 unspecified atom stereocenters. The van der Waals surface area contributed by atoms with Gasteiger partial charge in [-0.25, -0.2) is 13.1 Å². The number of allylic oxidation sites excluding steroid dienone is 2. The molecule has 3 aromatic rings. The molecule has 36 heavy (non-hydrogen) atoms. The number of morpholine rings is 1. The third-order valence-corrected chi connectivity index (χ3v) is 9.33. The zero-order valence-electron chi connectivity index (χ0n) is 20.7. The molecule has 0 radical (unpaired) electrons. The summed E-state index contributed by atoms with van der Waals surface area (Å²) in [4.78, 5) is 3.73. The first-order valence-electron chi connectivity index (χ1n) is 11.9. The Hall–Kier alpha value is -2.74. The van der Waals surface area contributed by atoms with Crippen LogP contribution in [-0.2, 0) is 14.8 Å². The van der Waals surface area contributed by atoms with Gasteiger partial charge >= 0.3 is 0 Å². The highest BCUT2D eigenvalue weighted by Crippen LogP contribution is 2.36. The number of nitrogens with zero attached hydrogens (tertiary/aromatic N) is 2. The van der Waals surface area contributed by atoms with E-state index in [9.17, 15) is 18.8 Å². The van der Waals surface area contributed by atoms with Gasteiger partial charge in [0.2, 0.25) is 0 Å². The second kappa shape index (κ2) is 10.7. The van der Waals surface area contributed by atoms with Gasteiger partial charge < -0.3 is 14.7 Å². The summed E-state index contributed by atoms with van der Waals surface area (Å²) in [5.41, 5.74) is 1.76. The van der Waals surface area contributed by atoms with Crippen LogP contribution in [0.2, 0.25) is 0 Å². The Morgan fingerprint density at radius 2 is 1.83 bits per heavy atom. The van der Waals surface area contributed by atoms with Crippen LogP contribution in [0.1, 0.15) is 32.1 Å². The molecule has 0 saturated carbocycles. The van der Waals surface area contributed by atoms with Crippen molar-refractivity contribution >= 4 is 43.4 Å². The third-order valence-electron chi connectivity index (χ3n) is 6.32. The number of fused-ring (bicyclic) bond motifs is 1. The fraction of sp³-hybridized carbons (Fsp3) is 0.370. The zero-order valence-corrected chi connectivity index (χ0v) is 22.4. The molecule has 4 rings (SSSR count). The maximum absolute atomic E-state index is 13.0. The van der Waals surface area contributed by atoms with Crippen LogP contribution >= 0.6 is 11.3 Å². The molecular weight excluding hydrogens is 494 g/mol. The van der Waals surface area contributed by atoms with Crippen LogP contribution < -0.4 is 9.62 Å². The lowest BCUT2D eigenvalue weighted by molar-refractivity contribution is 0.122. The molecule has 0 bridgehead atoms. The van der Waals surface area contributed by atoms with Crippen LogP contribution in [0.3, 0.4) is 0 Å². The van der Waals surface area contributed by atoms with Gasteiger partial charge in [-0.1, -0.05) is 18.2 Å². The molecule has 1 fully saturated rings. The summed E-state index contributed by atoms with van der Waals surface area (Å²) < 4.78 is 33.9. The van der Waals surface area contributed by atoms with E-state index in [1.807, 2.05) is 18.2 Å². The van der Waals surface area contributed by atoms with Gasteiger partial charge in [-0.05, 0) is 79.4 Å². The lowest BCUT2D eigenvalue weighted by atomic mass is 10.0. The van der Waals surface area contributed by atoms with Gasteiger partial charge in [-0.3, -0.25) is 0 Å². The maximum atomic E-state index is 13.0. The fourth-order valence-electron chi connectivity index (χ4n) is 4.30. The van der Waals surface area contributed by atoms with Crippen molar-refractivity contribution in [2.24, 2.45) is 0 Å². The highest BCUT2D eigenvalue weighted by molar-refractivity contribution is 7.94. The number of thiophene rings is 1. The monoisotopic (exact) mass is 525 g/mol. The molecule has 7 nitrogen and oxygen atoms in total. The van der Waals surface area contributed by atoms with Crippen molar-refractivity contribution in [3.05, 3.63) is 58.3 Å². The molecule has 0 atom stereocenters. The molecule has 2 N–H and O–H groups in total. The molecule has 0 amide bonds. The van der Waals surface area contributed by atoms with Crippen molar-refractivity contribution in [3.8, 4) is 16.5 Å². The van der Waals surface area contributed by atoms with E-state index in [0.29, 0.717) is 5.57 Å². The highest BCUT2D eigenvalue weighted by Gasteiger charge is 2.29. The van der Waals surface area contributed by atoms with Crippen LogP contribution in [-0.4, -0.2) is 52.0 Å². The number of rotatable bonds is 8. The van der Waals surface area contributed by atoms with Gasteiger partial charge in [0, 0.05) is 40.7 Å². The Morgan fingerprint density at radius 1 is 1.14 bits per heavy atom. The molecule has 0 spiro atoms. The lowest BCUT2D eigenvalue weighted by Gasteiger charge is -2.29. The van der Waals surface area contributed by atoms with Crippen LogP contribution in [0.25, 0.3) is 26.8 Å². The predicted octanol–water partition coefficient (Wildman–Crippen LogP) is 4.74. The van der Waals surface area contributed by atoms with Crippen molar-refractivity contribution in [1.29, 1.82) is 5.26 Å². The number of nitrogens with one attached hydrogen (secondary N) is 1. The van der Waals surface area contributed by atoms with Crippen LogP contribution in [0.4, 0.5) is 5.69 Å². The van der Waals surface area contributed by atoms with Crippen molar-refractivity contribution in [3.63, 3.8) is 0 Å². The number of nitriles is 1. The van der Waals surface area contributed by atoms with E-state index >= 15 is 0 Å². The normalized spacial score (nSPS) is 15.6.